The minimum Gasteiger partial charge on any atom is -0.486 e. The first-order valence-electron chi connectivity index (χ1n) is 15.5. The Balaban J connectivity index is 1.57. The number of carbonyl (C=O) groups is 2. The van der Waals surface area contributed by atoms with Gasteiger partial charge in [-0.3, -0.25) is 13.9 Å². The van der Waals surface area contributed by atoms with Crippen molar-refractivity contribution in [2.75, 3.05) is 30.6 Å². The van der Waals surface area contributed by atoms with Crippen LogP contribution < -0.4 is 19.1 Å². The molecule has 1 N–H and O–H groups in total. The number of benzene rings is 4. The van der Waals surface area contributed by atoms with Crippen LogP contribution in [0.25, 0.3) is 0 Å². The van der Waals surface area contributed by atoms with Crippen LogP contribution in [0.2, 0.25) is 5.02 Å². The molecular formula is C36H37ClFN3O6S. The molecular weight excluding hydrogens is 657 g/mol. The molecule has 1 aliphatic rings. The van der Waals surface area contributed by atoms with Crippen molar-refractivity contribution in [3.63, 3.8) is 0 Å². The Bertz CT molecular complexity index is 1840. The molecule has 12 heteroatoms. The van der Waals surface area contributed by atoms with Crippen LogP contribution in [0.5, 0.6) is 11.5 Å². The Kier molecular flexibility index (Phi) is 11.2. The van der Waals surface area contributed by atoms with E-state index in [2.05, 4.69) is 5.32 Å². The van der Waals surface area contributed by atoms with Gasteiger partial charge in [0.25, 0.3) is 10.0 Å². The van der Waals surface area contributed by atoms with E-state index in [1.54, 1.807) is 24.3 Å². The molecule has 1 atom stereocenters. The lowest BCUT2D eigenvalue weighted by Crippen LogP contribution is -2.53. The van der Waals surface area contributed by atoms with E-state index in [0.717, 1.165) is 22.0 Å². The van der Waals surface area contributed by atoms with E-state index in [9.17, 15) is 22.4 Å². The maximum atomic E-state index is 14.6. The summed E-state index contributed by atoms with van der Waals surface area (Å²) < 4.78 is 54.7. The molecule has 0 saturated heterocycles. The minimum absolute atomic E-state index is 0.0344. The quantitative estimate of drug-likeness (QED) is 0.188. The summed E-state index contributed by atoms with van der Waals surface area (Å²) in [6, 6.07) is 24.2. The second-order valence-corrected chi connectivity index (χ2v) is 14.1. The van der Waals surface area contributed by atoms with Crippen LogP contribution in [-0.2, 0) is 32.6 Å². The largest absolute Gasteiger partial charge is 0.486 e. The van der Waals surface area contributed by atoms with Gasteiger partial charge in [0.1, 0.15) is 31.6 Å². The number of nitrogens with zero attached hydrogens (tertiary/aromatic N) is 2. The molecule has 48 heavy (non-hydrogen) atoms. The number of sulfonamides is 1. The van der Waals surface area contributed by atoms with Crippen molar-refractivity contribution in [1.82, 2.24) is 10.2 Å². The summed E-state index contributed by atoms with van der Waals surface area (Å²) in [7, 11) is -4.43. The van der Waals surface area contributed by atoms with Crippen LogP contribution in [0.3, 0.4) is 0 Å². The number of amides is 2. The van der Waals surface area contributed by atoms with Crippen molar-refractivity contribution in [2.24, 2.45) is 5.92 Å². The predicted molar refractivity (Wildman–Crippen MR) is 182 cm³/mol. The van der Waals surface area contributed by atoms with Crippen LogP contribution in [-0.4, -0.2) is 57.5 Å². The highest BCUT2D eigenvalue weighted by Crippen LogP contribution is 2.34. The van der Waals surface area contributed by atoms with Gasteiger partial charge < -0.3 is 19.7 Å². The summed E-state index contributed by atoms with van der Waals surface area (Å²) in [5.41, 5.74) is 1.52. The van der Waals surface area contributed by atoms with E-state index in [-0.39, 0.29) is 47.7 Å². The molecule has 0 saturated carbocycles. The van der Waals surface area contributed by atoms with E-state index in [1.807, 2.05) is 44.2 Å². The summed E-state index contributed by atoms with van der Waals surface area (Å²) in [5.74, 6) is -0.817. The highest BCUT2D eigenvalue weighted by molar-refractivity contribution is 7.92. The predicted octanol–water partition coefficient (Wildman–Crippen LogP) is 5.86. The molecule has 1 heterocycles. The Morgan fingerprint density at radius 2 is 1.56 bits per heavy atom. The van der Waals surface area contributed by atoms with Gasteiger partial charge in [0.2, 0.25) is 11.8 Å². The van der Waals surface area contributed by atoms with Crippen molar-refractivity contribution in [3.8, 4) is 11.5 Å². The molecule has 252 valence electrons. The maximum absolute atomic E-state index is 14.6. The van der Waals surface area contributed by atoms with Crippen molar-refractivity contribution in [1.29, 1.82) is 0 Å². The van der Waals surface area contributed by atoms with E-state index in [1.165, 1.54) is 35.2 Å². The number of rotatable bonds is 13. The summed E-state index contributed by atoms with van der Waals surface area (Å²) in [6.07, 6.45) is 0.169. The fourth-order valence-electron chi connectivity index (χ4n) is 5.26. The molecule has 0 aliphatic carbocycles. The van der Waals surface area contributed by atoms with Gasteiger partial charge in [-0.1, -0.05) is 67.9 Å². The first kappa shape index (κ1) is 34.7. The average molecular weight is 694 g/mol. The second-order valence-electron chi connectivity index (χ2n) is 11.8. The molecule has 4 aromatic carbocycles. The zero-order valence-electron chi connectivity index (χ0n) is 26.6. The smallest absolute Gasteiger partial charge is 0.264 e. The van der Waals surface area contributed by atoms with Crippen molar-refractivity contribution in [3.05, 3.63) is 119 Å². The molecule has 0 radical (unpaired) electrons. The lowest BCUT2D eigenvalue weighted by molar-refractivity contribution is -0.140. The average Bonchev–Trinajstić information content (AvgIpc) is 3.08. The standard InChI is InChI=1S/C36H37ClFN3O6S/c1-25(2)22-39-36(43)32(20-26-7-4-3-5-8-26)40(23-27-9-6-10-28(37)19-27)35(42)24-41(30-13-11-29(38)12-14-30)48(44,45)31-15-16-33-34(21-31)47-18-17-46-33/h3-16,19,21,25,32H,17-18,20,22-24H2,1-2H3,(H,39,43)/t32-/m1/s1. The van der Waals surface area contributed by atoms with Gasteiger partial charge in [0, 0.05) is 30.6 Å². The number of hydrogen-bond acceptors (Lipinski definition) is 6. The number of carbonyl (C=O) groups excluding carboxylic acids is 2. The van der Waals surface area contributed by atoms with Crippen LogP contribution in [0.4, 0.5) is 10.1 Å². The lowest BCUT2D eigenvalue weighted by atomic mass is 10.0. The van der Waals surface area contributed by atoms with E-state index < -0.39 is 34.3 Å². The van der Waals surface area contributed by atoms with Crippen LogP contribution in [0, 0.1) is 11.7 Å². The highest BCUT2D eigenvalue weighted by atomic mass is 35.5. The molecule has 1 aliphatic heterocycles. The van der Waals surface area contributed by atoms with Crippen molar-refractivity contribution >= 4 is 39.1 Å². The normalized spacial score (nSPS) is 13.1. The zero-order valence-corrected chi connectivity index (χ0v) is 28.2. The molecule has 2 amide bonds. The van der Waals surface area contributed by atoms with Gasteiger partial charge in [0.05, 0.1) is 10.6 Å². The molecule has 5 rings (SSSR count). The number of fused-ring (bicyclic) bond motifs is 1. The summed E-state index contributed by atoms with van der Waals surface area (Å²) in [6.45, 7) is 4.15. The first-order chi connectivity index (χ1) is 23.0. The first-order valence-corrected chi connectivity index (χ1v) is 17.4. The Labute approximate surface area is 285 Å². The van der Waals surface area contributed by atoms with Gasteiger partial charge in [0.15, 0.2) is 11.5 Å². The number of halogens is 2. The molecule has 0 aromatic heterocycles. The third-order valence-corrected chi connectivity index (χ3v) is 9.70. The zero-order chi connectivity index (χ0) is 34.3. The molecule has 9 nitrogen and oxygen atoms in total. The van der Waals surface area contributed by atoms with Crippen LogP contribution in [0.15, 0.2) is 102 Å². The third kappa shape index (κ3) is 8.64. The molecule has 0 fully saturated rings. The van der Waals surface area contributed by atoms with E-state index in [4.69, 9.17) is 21.1 Å². The van der Waals surface area contributed by atoms with E-state index >= 15 is 0 Å². The Morgan fingerprint density at radius 1 is 0.875 bits per heavy atom. The number of ether oxygens (including phenoxy) is 2. The SMILES string of the molecule is CC(C)CNC(=O)[C@@H](Cc1ccccc1)N(Cc1cccc(Cl)c1)C(=O)CN(c1ccc(F)cc1)S(=O)(=O)c1ccc2c(c1)OCCO2. The molecule has 4 aromatic rings. The number of anilines is 1. The molecule has 0 unspecified atom stereocenters. The molecule has 0 spiro atoms. The van der Waals surface area contributed by atoms with Crippen LogP contribution >= 0.6 is 11.6 Å². The van der Waals surface area contributed by atoms with E-state index in [0.29, 0.717) is 29.5 Å². The summed E-state index contributed by atoms with van der Waals surface area (Å²) in [4.78, 5) is 29.7. The minimum atomic E-state index is -4.43. The summed E-state index contributed by atoms with van der Waals surface area (Å²) >= 11 is 6.30. The molecule has 0 bridgehead atoms. The fourth-order valence-corrected chi connectivity index (χ4v) is 6.90. The Hall–Kier alpha value is -4.61. The second kappa shape index (κ2) is 15.5. The summed E-state index contributed by atoms with van der Waals surface area (Å²) in [5, 5.41) is 3.40. The van der Waals surface area contributed by atoms with Gasteiger partial charge >= 0.3 is 0 Å². The van der Waals surface area contributed by atoms with Crippen molar-refractivity contribution < 1.29 is 31.9 Å². The van der Waals surface area contributed by atoms with Gasteiger partial charge in [-0.25, -0.2) is 12.8 Å². The number of hydrogen-bond donors (Lipinski definition) is 1. The fraction of sp³-hybridized carbons (Fsp3) is 0.278. The van der Waals surface area contributed by atoms with Gasteiger partial charge in [-0.2, -0.15) is 0 Å². The lowest BCUT2D eigenvalue weighted by Gasteiger charge is -2.34. The van der Waals surface area contributed by atoms with Gasteiger partial charge in [-0.15, -0.1) is 0 Å². The highest BCUT2D eigenvalue weighted by Gasteiger charge is 2.35. The van der Waals surface area contributed by atoms with Crippen molar-refractivity contribution in [2.45, 2.75) is 37.8 Å². The number of nitrogens with one attached hydrogen (secondary N) is 1. The van der Waals surface area contributed by atoms with Gasteiger partial charge in [-0.05, 0) is 65.6 Å². The third-order valence-electron chi connectivity index (χ3n) is 7.69. The monoisotopic (exact) mass is 693 g/mol. The Morgan fingerprint density at radius 3 is 2.25 bits per heavy atom. The topological polar surface area (TPSA) is 105 Å². The maximum Gasteiger partial charge on any atom is 0.264 e. The van der Waals surface area contributed by atoms with Crippen LogP contribution in [0.1, 0.15) is 25.0 Å².